The van der Waals surface area contributed by atoms with E-state index in [-0.39, 0.29) is 18.0 Å². The van der Waals surface area contributed by atoms with Gasteiger partial charge in [-0.3, -0.25) is 4.79 Å². The Morgan fingerprint density at radius 2 is 1.79 bits per heavy atom. The Bertz CT molecular complexity index is 720. The second-order valence-corrected chi connectivity index (χ2v) is 8.32. The number of carbonyl (C=O) groups excluding carboxylic acids is 2. The average molecular weight is 390 g/mol. The molecular weight excluding hydrogens is 360 g/mol. The highest BCUT2D eigenvalue weighted by molar-refractivity contribution is 5.73. The fourth-order valence-corrected chi connectivity index (χ4v) is 3.54. The molecular formula is C21H30N2O5. The first-order valence-corrected chi connectivity index (χ1v) is 9.86. The van der Waals surface area contributed by atoms with Crippen LogP contribution in [0.4, 0.5) is 4.79 Å². The van der Waals surface area contributed by atoms with Crippen LogP contribution >= 0.6 is 0 Å². The van der Waals surface area contributed by atoms with Crippen molar-refractivity contribution in [1.29, 1.82) is 0 Å². The molecule has 1 aromatic rings. The van der Waals surface area contributed by atoms with E-state index in [1.54, 1.807) is 11.8 Å². The molecule has 7 heteroatoms. The molecule has 3 rings (SSSR count). The third-order valence-electron chi connectivity index (χ3n) is 4.94. The largest absolute Gasteiger partial charge is 0.486 e. The van der Waals surface area contributed by atoms with Crippen molar-refractivity contribution in [3.05, 3.63) is 23.8 Å². The van der Waals surface area contributed by atoms with Gasteiger partial charge in [0.15, 0.2) is 11.5 Å². The highest BCUT2D eigenvalue weighted by Crippen LogP contribution is 2.32. The third-order valence-corrected chi connectivity index (χ3v) is 4.94. The van der Waals surface area contributed by atoms with Crippen molar-refractivity contribution in [3.8, 4) is 11.5 Å². The van der Waals surface area contributed by atoms with Crippen molar-refractivity contribution in [1.82, 2.24) is 9.80 Å². The van der Waals surface area contributed by atoms with Crippen molar-refractivity contribution in [3.63, 3.8) is 0 Å². The minimum absolute atomic E-state index is 0.0265. The maximum atomic E-state index is 12.9. The summed E-state index contributed by atoms with van der Waals surface area (Å²) in [6, 6.07) is 5.79. The number of amides is 2. The summed E-state index contributed by atoms with van der Waals surface area (Å²) >= 11 is 0. The molecule has 0 N–H and O–H groups in total. The molecule has 2 aliphatic heterocycles. The van der Waals surface area contributed by atoms with Gasteiger partial charge in [-0.05, 0) is 51.3 Å². The zero-order chi connectivity index (χ0) is 20.3. The second-order valence-electron chi connectivity index (χ2n) is 8.32. The number of nitrogens with zero attached hydrogens (tertiary/aromatic N) is 2. The van der Waals surface area contributed by atoms with E-state index in [1.165, 1.54) is 0 Å². The Labute approximate surface area is 166 Å². The quantitative estimate of drug-likeness (QED) is 0.793. The number of likely N-dealkylation sites (tertiary alicyclic amines) is 1. The van der Waals surface area contributed by atoms with Crippen LogP contribution in [-0.2, 0) is 16.1 Å². The Kier molecular flexibility index (Phi) is 6.01. The molecule has 2 amide bonds. The first kappa shape index (κ1) is 20.3. The average Bonchev–Trinajstić information content (AvgIpc) is 2.64. The second kappa shape index (κ2) is 8.29. The molecule has 28 heavy (non-hydrogen) atoms. The summed E-state index contributed by atoms with van der Waals surface area (Å²) in [5, 5.41) is 0. The monoisotopic (exact) mass is 390 g/mol. The molecule has 154 valence electrons. The topological polar surface area (TPSA) is 68.3 Å². The van der Waals surface area contributed by atoms with Gasteiger partial charge in [0.05, 0.1) is 0 Å². The molecule has 2 aliphatic rings. The molecule has 1 saturated heterocycles. The van der Waals surface area contributed by atoms with E-state index in [2.05, 4.69) is 0 Å². The molecule has 7 nitrogen and oxygen atoms in total. The van der Waals surface area contributed by atoms with Crippen LogP contribution in [-0.4, -0.2) is 59.7 Å². The third kappa shape index (κ3) is 5.09. The van der Waals surface area contributed by atoms with E-state index in [4.69, 9.17) is 14.2 Å². The van der Waals surface area contributed by atoms with Crippen LogP contribution in [0.5, 0.6) is 11.5 Å². The van der Waals surface area contributed by atoms with Crippen LogP contribution < -0.4 is 9.47 Å². The highest BCUT2D eigenvalue weighted by Gasteiger charge is 2.32. The summed E-state index contributed by atoms with van der Waals surface area (Å²) < 4.78 is 16.9. The van der Waals surface area contributed by atoms with Crippen LogP contribution in [0.1, 0.15) is 46.1 Å². The van der Waals surface area contributed by atoms with Gasteiger partial charge in [0, 0.05) is 32.6 Å². The van der Waals surface area contributed by atoms with Crippen LogP contribution in [0, 0.1) is 0 Å². The molecule has 0 aromatic heterocycles. The standard InChI is InChI=1S/C21H30N2O5/c1-15(24)22-9-7-17(8-10-22)23(20(25)28-21(2,3)4)14-16-5-6-18-19(13-16)27-12-11-26-18/h5-6,13,17H,7-12,14H2,1-4H3. The Balaban J connectivity index is 1.76. The lowest BCUT2D eigenvalue weighted by Gasteiger charge is -2.39. The summed E-state index contributed by atoms with van der Waals surface area (Å²) in [5.41, 5.74) is 0.395. The fraction of sp³-hybridized carbons (Fsp3) is 0.619. The minimum Gasteiger partial charge on any atom is -0.486 e. The lowest BCUT2D eigenvalue weighted by atomic mass is 10.0. The lowest BCUT2D eigenvalue weighted by molar-refractivity contribution is -0.130. The van der Waals surface area contributed by atoms with E-state index in [1.807, 2.05) is 43.9 Å². The Morgan fingerprint density at radius 1 is 1.14 bits per heavy atom. The number of fused-ring (bicyclic) bond motifs is 1. The van der Waals surface area contributed by atoms with Gasteiger partial charge in [0.1, 0.15) is 18.8 Å². The summed E-state index contributed by atoms with van der Waals surface area (Å²) in [7, 11) is 0. The smallest absolute Gasteiger partial charge is 0.410 e. The summed E-state index contributed by atoms with van der Waals surface area (Å²) in [6.45, 7) is 9.99. The van der Waals surface area contributed by atoms with Gasteiger partial charge < -0.3 is 24.0 Å². The maximum Gasteiger partial charge on any atom is 0.410 e. The molecule has 0 radical (unpaired) electrons. The highest BCUT2D eigenvalue weighted by atomic mass is 16.6. The minimum atomic E-state index is -0.567. The van der Waals surface area contributed by atoms with Crippen LogP contribution in [0.2, 0.25) is 0 Å². The van der Waals surface area contributed by atoms with E-state index in [9.17, 15) is 9.59 Å². The molecule has 0 saturated carbocycles. The van der Waals surface area contributed by atoms with Crippen molar-refractivity contribution < 1.29 is 23.8 Å². The van der Waals surface area contributed by atoms with Crippen molar-refractivity contribution in [2.75, 3.05) is 26.3 Å². The lowest BCUT2D eigenvalue weighted by Crippen LogP contribution is -2.49. The molecule has 0 atom stereocenters. The summed E-state index contributed by atoms with van der Waals surface area (Å²) in [6.07, 6.45) is 1.15. The summed E-state index contributed by atoms with van der Waals surface area (Å²) in [5.74, 6) is 1.52. The zero-order valence-corrected chi connectivity index (χ0v) is 17.2. The van der Waals surface area contributed by atoms with Gasteiger partial charge in [-0.2, -0.15) is 0 Å². The normalized spacial score (nSPS) is 17.2. The van der Waals surface area contributed by atoms with Crippen LogP contribution in [0.3, 0.4) is 0 Å². The molecule has 0 bridgehead atoms. The van der Waals surface area contributed by atoms with Gasteiger partial charge in [0.2, 0.25) is 5.91 Å². The number of ether oxygens (including phenoxy) is 3. The van der Waals surface area contributed by atoms with E-state index < -0.39 is 5.60 Å². The van der Waals surface area contributed by atoms with Crippen molar-refractivity contribution >= 4 is 12.0 Å². The molecule has 1 fully saturated rings. The predicted molar refractivity (Wildman–Crippen MR) is 104 cm³/mol. The molecule has 0 spiro atoms. The van der Waals surface area contributed by atoms with Gasteiger partial charge in [0.25, 0.3) is 0 Å². The van der Waals surface area contributed by atoms with Gasteiger partial charge in [-0.15, -0.1) is 0 Å². The maximum absolute atomic E-state index is 12.9. The van der Waals surface area contributed by atoms with Crippen LogP contribution in [0.15, 0.2) is 18.2 Å². The summed E-state index contributed by atoms with van der Waals surface area (Å²) in [4.78, 5) is 28.2. The predicted octanol–water partition coefficient (Wildman–Crippen LogP) is 3.21. The number of hydrogen-bond acceptors (Lipinski definition) is 5. The van der Waals surface area contributed by atoms with Gasteiger partial charge >= 0.3 is 6.09 Å². The molecule has 1 aromatic carbocycles. The Hall–Kier alpha value is -2.44. The number of piperidine rings is 1. The first-order valence-electron chi connectivity index (χ1n) is 9.86. The fourth-order valence-electron chi connectivity index (χ4n) is 3.54. The SMILES string of the molecule is CC(=O)N1CCC(N(Cc2ccc3c(c2)OCCO3)C(=O)OC(C)(C)C)CC1. The van der Waals surface area contributed by atoms with Crippen molar-refractivity contribution in [2.45, 2.75) is 58.7 Å². The molecule has 0 unspecified atom stereocenters. The van der Waals surface area contributed by atoms with Gasteiger partial charge in [-0.1, -0.05) is 6.07 Å². The molecule has 2 heterocycles. The van der Waals surface area contributed by atoms with Crippen LogP contribution in [0.25, 0.3) is 0 Å². The number of rotatable bonds is 3. The zero-order valence-electron chi connectivity index (χ0n) is 17.2. The molecule has 0 aliphatic carbocycles. The van der Waals surface area contributed by atoms with E-state index >= 15 is 0 Å². The number of carbonyl (C=O) groups is 2. The van der Waals surface area contributed by atoms with Crippen molar-refractivity contribution in [2.24, 2.45) is 0 Å². The first-order chi connectivity index (χ1) is 13.2. The van der Waals surface area contributed by atoms with E-state index in [0.29, 0.717) is 38.6 Å². The number of benzene rings is 1. The Morgan fingerprint density at radius 3 is 2.39 bits per heavy atom. The van der Waals surface area contributed by atoms with E-state index in [0.717, 1.165) is 24.2 Å². The van der Waals surface area contributed by atoms with Gasteiger partial charge in [-0.25, -0.2) is 4.79 Å². The number of hydrogen-bond donors (Lipinski definition) is 0.